The van der Waals surface area contributed by atoms with Gasteiger partial charge in [0.05, 0.1) is 11.2 Å². The molecule has 0 unspecified atom stereocenters. The summed E-state index contributed by atoms with van der Waals surface area (Å²) < 4.78 is 21.7. The molecule has 1 saturated heterocycles. The van der Waals surface area contributed by atoms with Crippen molar-refractivity contribution in [3.8, 4) is 5.75 Å². The van der Waals surface area contributed by atoms with Crippen LogP contribution >= 0.6 is 0 Å². The van der Waals surface area contributed by atoms with E-state index in [2.05, 4.69) is 0 Å². The molecule has 2 fully saturated rings. The lowest BCUT2D eigenvalue weighted by atomic mass is 10.1. The zero-order chi connectivity index (χ0) is 22.9. The molecule has 3 aromatic rings. The summed E-state index contributed by atoms with van der Waals surface area (Å²) in [6.07, 6.45) is 2.33. The molecule has 0 radical (unpaired) electrons. The number of para-hydroxylation sites is 1. The van der Waals surface area contributed by atoms with E-state index < -0.39 is 0 Å². The van der Waals surface area contributed by atoms with E-state index >= 15 is 0 Å². The molecule has 2 heterocycles. The van der Waals surface area contributed by atoms with Gasteiger partial charge in [-0.1, -0.05) is 12.1 Å². The van der Waals surface area contributed by atoms with Gasteiger partial charge >= 0.3 is 0 Å². The van der Waals surface area contributed by atoms with E-state index in [9.17, 15) is 14.0 Å². The standard InChI is InChI=1S/C26H28FN3O3/c1-18-14-25(31)30(16-19-6-7-19)24-15-20(8-9-21(18)24)33-17-26(32)29-12-10-28(11-13-29)23-5-3-2-4-22(23)27/h2-5,8-9,14-15,19H,6-7,10-13,16-17H2,1H3. The summed E-state index contributed by atoms with van der Waals surface area (Å²) in [5, 5.41) is 1.03. The average molecular weight is 450 g/mol. The van der Waals surface area contributed by atoms with Crippen LogP contribution in [-0.2, 0) is 11.3 Å². The number of hydrogen-bond acceptors (Lipinski definition) is 4. The van der Waals surface area contributed by atoms with E-state index in [4.69, 9.17) is 4.74 Å². The Morgan fingerprint density at radius 1 is 1.06 bits per heavy atom. The van der Waals surface area contributed by atoms with Crippen molar-refractivity contribution in [1.82, 2.24) is 9.47 Å². The topological polar surface area (TPSA) is 54.8 Å². The molecule has 1 aliphatic heterocycles. The Hall–Kier alpha value is -3.35. The molecule has 2 aromatic carbocycles. The number of nitrogens with zero attached hydrogens (tertiary/aromatic N) is 3. The third-order valence-electron chi connectivity index (χ3n) is 6.62. The van der Waals surface area contributed by atoms with Gasteiger partial charge in [0.25, 0.3) is 11.5 Å². The Labute approximate surface area is 192 Å². The number of benzene rings is 2. The summed E-state index contributed by atoms with van der Waals surface area (Å²) in [5.74, 6) is 0.813. The Kier molecular flexibility index (Phi) is 5.79. The van der Waals surface area contributed by atoms with Crippen molar-refractivity contribution in [2.24, 2.45) is 5.92 Å². The predicted molar refractivity (Wildman–Crippen MR) is 126 cm³/mol. The number of pyridine rings is 1. The number of piperazine rings is 1. The molecule has 5 rings (SSSR count). The van der Waals surface area contributed by atoms with Crippen LogP contribution in [0.2, 0.25) is 0 Å². The fraction of sp³-hybridized carbons (Fsp3) is 0.385. The van der Waals surface area contributed by atoms with Crippen LogP contribution in [0.4, 0.5) is 10.1 Å². The maximum Gasteiger partial charge on any atom is 0.260 e. The molecule has 1 aliphatic carbocycles. The first kappa shape index (κ1) is 21.5. The number of rotatable bonds is 6. The first-order valence-electron chi connectivity index (χ1n) is 11.5. The van der Waals surface area contributed by atoms with E-state index in [1.807, 2.05) is 40.7 Å². The van der Waals surface area contributed by atoms with E-state index in [1.165, 1.54) is 6.07 Å². The SMILES string of the molecule is Cc1cc(=O)n(CC2CC2)c2cc(OCC(=O)N3CCN(c4ccccc4F)CC3)ccc12. The van der Waals surface area contributed by atoms with Crippen LogP contribution in [0.1, 0.15) is 18.4 Å². The first-order chi connectivity index (χ1) is 16.0. The fourth-order valence-corrected chi connectivity index (χ4v) is 4.51. The Morgan fingerprint density at radius 2 is 1.82 bits per heavy atom. The molecule has 172 valence electrons. The number of aromatic nitrogens is 1. The van der Waals surface area contributed by atoms with Crippen molar-refractivity contribution < 1.29 is 13.9 Å². The molecule has 1 aromatic heterocycles. The molecular weight excluding hydrogens is 421 g/mol. The quantitative estimate of drug-likeness (QED) is 0.577. The summed E-state index contributed by atoms with van der Waals surface area (Å²) >= 11 is 0. The van der Waals surface area contributed by atoms with Gasteiger partial charge in [-0.25, -0.2) is 4.39 Å². The lowest BCUT2D eigenvalue weighted by molar-refractivity contribution is -0.133. The van der Waals surface area contributed by atoms with Gasteiger partial charge in [-0.05, 0) is 55.5 Å². The summed E-state index contributed by atoms with van der Waals surface area (Å²) in [6, 6.07) is 14.1. The molecule has 0 N–H and O–H groups in total. The van der Waals surface area contributed by atoms with Crippen LogP contribution < -0.4 is 15.2 Å². The fourth-order valence-electron chi connectivity index (χ4n) is 4.51. The van der Waals surface area contributed by atoms with Gasteiger partial charge in [0.1, 0.15) is 11.6 Å². The minimum absolute atomic E-state index is 0.00727. The van der Waals surface area contributed by atoms with Crippen LogP contribution in [0.25, 0.3) is 10.9 Å². The van der Waals surface area contributed by atoms with Crippen LogP contribution in [0.5, 0.6) is 5.75 Å². The van der Waals surface area contributed by atoms with E-state index in [0.29, 0.717) is 43.5 Å². The van der Waals surface area contributed by atoms with Crippen LogP contribution in [-0.4, -0.2) is 48.2 Å². The highest BCUT2D eigenvalue weighted by Crippen LogP contribution is 2.32. The monoisotopic (exact) mass is 449 g/mol. The molecule has 6 nitrogen and oxygen atoms in total. The molecule has 2 aliphatic rings. The van der Waals surface area contributed by atoms with Gasteiger partial charge < -0.3 is 19.1 Å². The van der Waals surface area contributed by atoms with Crippen molar-refractivity contribution in [2.45, 2.75) is 26.3 Å². The predicted octanol–water partition coefficient (Wildman–Crippen LogP) is 3.59. The number of aryl methyl sites for hydroxylation is 1. The van der Waals surface area contributed by atoms with Crippen LogP contribution in [0.15, 0.2) is 53.3 Å². The summed E-state index contributed by atoms with van der Waals surface area (Å²) in [4.78, 5) is 29.0. The van der Waals surface area contributed by atoms with Gasteiger partial charge in [0.2, 0.25) is 0 Å². The highest BCUT2D eigenvalue weighted by molar-refractivity contribution is 5.84. The molecule has 0 spiro atoms. The van der Waals surface area contributed by atoms with Gasteiger partial charge in [-0.3, -0.25) is 9.59 Å². The molecular formula is C26H28FN3O3. The van der Waals surface area contributed by atoms with Gasteiger partial charge in [0.15, 0.2) is 6.61 Å². The van der Waals surface area contributed by atoms with Crippen molar-refractivity contribution in [3.63, 3.8) is 0 Å². The van der Waals surface area contributed by atoms with Crippen molar-refractivity contribution in [2.75, 3.05) is 37.7 Å². The van der Waals surface area contributed by atoms with Crippen molar-refractivity contribution >= 4 is 22.5 Å². The molecule has 1 saturated carbocycles. The van der Waals surface area contributed by atoms with Crippen molar-refractivity contribution in [3.05, 3.63) is 70.3 Å². The summed E-state index contributed by atoms with van der Waals surface area (Å²) in [6.45, 7) is 4.80. The second kappa shape index (κ2) is 8.89. The average Bonchev–Trinajstić information content (AvgIpc) is 3.65. The second-order valence-electron chi connectivity index (χ2n) is 9.01. The van der Waals surface area contributed by atoms with Crippen LogP contribution in [0, 0.1) is 18.7 Å². The molecule has 0 bridgehead atoms. The number of carbonyl (C=O) groups excluding carboxylic acids is 1. The maximum atomic E-state index is 14.0. The summed E-state index contributed by atoms with van der Waals surface area (Å²) in [7, 11) is 0. The molecule has 33 heavy (non-hydrogen) atoms. The highest BCUT2D eigenvalue weighted by atomic mass is 19.1. The molecule has 7 heteroatoms. The zero-order valence-corrected chi connectivity index (χ0v) is 18.8. The largest absolute Gasteiger partial charge is 0.484 e. The normalized spacial score (nSPS) is 16.3. The Balaban J connectivity index is 1.24. The van der Waals surface area contributed by atoms with Gasteiger partial charge in [-0.2, -0.15) is 0 Å². The highest BCUT2D eigenvalue weighted by Gasteiger charge is 2.24. The number of halogens is 1. The Morgan fingerprint density at radius 3 is 2.55 bits per heavy atom. The third-order valence-corrected chi connectivity index (χ3v) is 6.62. The number of ether oxygens (including phenoxy) is 1. The Bertz CT molecular complexity index is 1240. The molecule has 0 atom stereocenters. The lowest BCUT2D eigenvalue weighted by Crippen LogP contribution is -2.50. The first-order valence-corrected chi connectivity index (χ1v) is 11.5. The minimum Gasteiger partial charge on any atom is -0.484 e. The number of fused-ring (bicyclic) bond motifs is 1. The van der Waals surface area contributed by atoms with E-state index in [-0.39, 0.29) is 23.9 Å². The van der Waals surface area contributed by atoms with E-state index in [1.54, 1.807) is 23.1 Å². The van der Waals surface area contributed by atoms with Crippen molar-refractivity contribution in [1.29, 1.82) is 0 Å². The minimum atomic E-state index is -0.243. The van der Waals surface area contributed by atoms with E-state index in [0.717, 1.165) is 35.9 Å². The zero-order valence-electron chi connectivity index (χ0n) is 18.8. The molecule has 1 amide bonds. The second-order valence-corrected chi connectivity index (χ2v) is 9.01. The summed E-state index contributed by atoms with van der Waals surface area (Å²) in [5.41, 5.74) is 2.38. The number of carbonyl (C=O) groups is 1. The number of hydrogen-bond donors (Lipinski definition) is 0. The number of anilines is 1. The lowest BCUT2D eigenvalue weighted by Gasteiger charge is -2.36. The van der Waals surface area contributed by atoms with Crippen LogP contribution in [0.3, 0.4) is 0 Å². The van der Waals surface area contributed by atoms with Gasteiger partial charge in [0, 0.05) is 50.2 Å². The third kappa shape index (κ3) is 4.58. The smallest absolute Gasteiger partial charge is 0.260 e. The maximum absolute atomic E-state index is 14.0. The van der Waals surface area contributed by atoms with Gasteiger partial charge in [-0.15, -0.1) is 0 Å². The number of amides is 1.